The van der Waals surface area contributed by atoms with Crippen LogP contribution in [0.1, 0.15) is 5.56 Å². The number of benzene rings is 3. The third-order valence-electron chi connectivity index (χ3n) is 4.98. The first-order chi connectivity index (χ1) is 16.8. The SMILES string of the molecule is COc1ccc(S(=O)(=O)Nc2cccc(CO)c2)c(N=Nc2c(N)[nH]n(-c3ccccc3)c2=O)c1. The fraction of sp³-hybridized carbons (Fsp3) is 0.0870. The van der Waals surface area contributed by atoms with E-state index in [9.17, 15) is 18.3 Å². The molecular weight excluding hydrogens is 472 g/mol. The van der Waals surface area contributed by atoms with Crippen LogP contribution in [-0.2, 0) is 16.6 Å². The lowest BCUT2D eigenvalue weighted by atomic mass is 10.2. The summed E-state index contributed by atoms with van der Waals surface area (Å²) in [5.41, 5.74) is 6.50. The van der Waals surface area contributed by atoms with Gasteiger partial charge in [-0.15, -0.1) is 10.2 Å². The zero-order valence-corrected chi connectivity index (χ0v) is 19.4. The fourth-order valence-corrected chi connectivity index (χ4v) is 4.45. The number of rotatable bonds is 8. The molecule has 5 N–H and O–H groups in total. The molecule has 1 heterocycles. The van der Waals surface area contributed by atoms with E-state index in [0.717, 1.165) is 0 Å². The van der Waals surface area contributed by atoms with E-state index in [2.05, 4.69) is 20.0 Å². The lowest BCUT2D eigenvalue weighted by Crippen LogP contribution is -2.14. The van der Waals surface area contributed by atoms with E-state index in [0.29, 0.717) is 17.0 Å². The number of aliphatic hydroxyl groups is 1. The van der Waals surface area contributed by atoms with Gasteiger partial charge in [0.15, 0.2) is 5.69 Å². The molecule has 180 valence electrons. The summed E-state index contributed by atoms with van der Waals surface area (Å²) in [5.74, 6) is 0.303. The van der Waals surface area contributed by atoms with Gasteiger partial charge in [0.2, 0.25) is 0 Å². The van der Waals surface area contributed by atoms with E-state index >= 15 is 0 Å². The Morgan fingerprint density at radius 1 is 1.06 bits per heavy atom. The van der Waals surface area contributed by atoms with Gasteiger partial charge in [-0.05, 0) is 42.0 Å². The molecule has 4 aromatic rings. The van der Waals surface area contributed by atoms with Crippen molar-refractivity contribution in [2.24, 2.45) is 10.2 Å². The van der Waals surface area contributed by atoms with Crippen molar-refractivity contribution in [3.05, 3.63) is 88.7 Å². The number of azo groups is 1. The number of anilines is 2. The predicted octanol–water partition coefficient (Wildman–Crippen LogP) is 3.46. The first kappa shape index (κ1) is 23.7. The lowest BCUT2D eigenvalue weighted by Gasteiger charge is -2.11. The molecule has 0 radical (unpaired) electrons. The smallest absolute Gasteiger partial charge is 0.301 e. The molecule has 0 aliphatic carbocycles. The Balaban J connectivity index is 1.73. The largest absolute Gasteiger partial charge is 0.497 e. The van der Waals surface area contributed by atoms with E-state index in [1.807, 2.05) is 0 Å². The number of nitrogen functional groups attached to an aromatic ring is 1. The van der Waals surface area contributed by atoms with E-state index in [1.165, 1.54) is 36.1 Å². The summed E-state index contributed by atoms with van der Waals surface area (Å²) in [6, 6.07) is 19.2. The van der Waals surface area contributed by atoms with Crippen molar-refractivity contribution in [1.82, 2.24) is 9.78 Å². The minimum atomic E-state index is -4.12. The van der Waals surface area contributed by atoms with Crippen LogP contribution >= 0.6 is 0 Å². The molecule has 0 saturated heterocycles. The van der Waals surface area contributed by atoms with Gasteiger partial charge < -0.3 is 15.6 Å². The quantitative estimate of drug-likeness (QED) is 0.274. The maximum atomic E-state index is 13.1. The molecular formula is C23H22N6O5S. The van der Waals surface area contributed by atoms with E-state index in [-0.39, 0.29) is 34.4 Å². The van der Waals surface area contributed by atoms with Gasteiger partial charge in [0, 0.05) is 11.8 Å². The maximum absolute atomic E-state index is 13.1. The highest BCUT2D eigenvalue weighted by molar-refractivity contribution is 7.92. The molecule has 3 aromatic carbocycles. The highest BCUT2D eigenvalue weighted by atomic mass is 32.2. The Hall–Kier alpha value is -4.42. The summed E-state index contributed by atoms with van der Waals surface area (Å²) >= 11 is 0. The van der Waals surface area contributed by atoms with Crippen LogP contribution in [0.15, 0.2) is 92.7 Å². The first-order valence-corrected chi connectivity index (χ1v) is 11.8. The van der Waals surface area contributed by atoms with Crippen LogP contribution in [0.25, 0.3) is 5.69 Å². The highest BCUT2D eigenvalue weighted by Crippen LogP contribution is 2.32. The number of H-pyrrole nitrogens is 1. The molecule has 0 atom stereocenters. The lowest BCUT2D eigenvalue weighted by molar-refractivity contribution is 0.282. The first-order valence-electron chi connectivity index (χ1n) is 10.3. The van der Waals surface area contributed by atoms with E-state index in [4.69, 9.17) is 10.5 Å². The zero-order valence-electron chi connectivity index (χ0n) is 18.5. The fourth-order valence-electron chi connectivity index (χ4n) is 3.28. The number of aromatic amines is 1. The third kappa shape index (κ3) is 5.08. The van der Waals surface area contributed by atoms with Crippen molar-refractivity contribution in [2.45, 2.75) is 11.5 Å². The summed E-state index contributed by atoms with van der Waals surface area (Å²) in [7, 11) is -2.70. The number of hydrogen-bond acceptors (Lipinski definition) is 8. The normalized spacial score (nSPS) is 11.6. The summed E-state index contributed by atoms with van der Waals surface area (Å²) in [6.45, 7) is -0.240. The molecule has 0 spiro atoms. The molecule has 4 rings (SSSR count). The van der Waals surface area contributed by atoms with Gasteiger partial charge in [0.25, 0.3) is 10.0 Å². The molecule has 11 nitrogen and oxygen atoms in total. The number of aliphatic hydroxyl groups excluding tert-OH is 1. The van der Waals surface area contributed by atoms with Crippen LogP contribution < -0.4 is 20.8 Å². The van der Waals surface area contributed by atoms with Crippen LogP contribution in [0.5, 0.6) is 5.75 Å². The monoisotopic (exact) mass is 494 g/mol. The number of sulfonamides is 1. The molecule has 35 heavy (non-hydrogen) atoms. The van der Waals surface area contributed by atoms with Crippen LogP contribution in [0.3, 0.4) is 0 Å². The molecule has 0 bridgehead atoms. The van der Waals surface area contributed by atoms with Gasteiger partial charge in [-0.1, -0.05) is 30.3 Å². The van der Waals surface area contributed by atoms with Crippen molar-refractivity contribution in [3.8, 4) is 11.4 Å². The minimum absolute atomic E-state index is 0.0335. The predicted molar refractivity (Wildman–Crippen MR) is 131 cm³/mol. The summed E-state index contributed by atoms with van der Waals surface area (Å²) < 4.78 is 35.1. The summed E-state index contributed by atoms with van der Waals surface area (Å²) in [4.78, 5) is 12.6. The molecule has 0 fully saturated rings. The number of nitrogens with one attached hydrogen (secondary N) is 2. The Bertz CT molecular complexity index is 1540. The number of para-hydroxylation sites is 1. The molecule has 0 amide bonds. The van der Waals surface area contributed by atoms with Crippen molar-refractivity contribution in [2.75, 3.05) is 17.6 Å². The van der Waals surface area contributed by atoms with Crippen molar-refractivity contribution >= 4 is 32.9 Å². The second-order valence-corrected chi connectivity index (χ2v) is 9.00. The number of hydrogen-bond donors (Lipinski definition) is 4. The van der Waals surface area contributed by atoms with Crippen LogP contribution in [0, 0.1) is 0 Å². The second-order valence-electron chi connectivity index (χ2n) is 7.35. The summed E-state index contributed by atoms with van der Waals surface area (Å²) in [5, 5.41) is 20.0. The van der Waals surface area contributed by atoms with E-state index in [1.54, 1.807) is 48.5 Å². The number of nitrogens with zero attached hydrogens (tertiary/aromatic N) is 3. The maximum Gasteiger partial charge on any atom is 0.301 e. The number of nitrogens with two attached hydrogens (primary N) is 1. The standard InChI is InChI=1S/C23H22N6O5S/c1-34-18-10-11-20(35(32,33)28-16-7-5-6-15(12-16)14-30)19(13-18)25-26-21-22(24)27-29(23(21)31)17-8-3-2-4-9-17/h2-13,27-28,30H,14,24H2,1H3. The Morgan fingerprint density at radius 3 is 2.54 bits per heavy atom. The molecule has 0 aliphatic rings. The average Bonchev–Trinajstić information content (AvgIpc) is 3.15. The molecule has 12 heteroatoms. The van der Waals surface area contributed by atoms with Crippen LogP contribution in [0.4, 0.5) is 22.9 Å². The van der Waals surface area contributed by atoms with Crippen molar-refractivity contribution < 1.29 is 18.3 Å². The van der Waals surface area contributed by atoms with Crippen LogP contribution in [-0.4, -0.2) is 30.4 Å². The van der Waals surface area contributed by atoms with Crippen molar-refractivity contribution in [1.29, 1.82) is 0 Å². The number of methoxy groups -OCH3 is 1. The highest BCUT2D eigenvalue weighted by Gasteiger charge is 2.21. The molecule has 0 aliphatic heterocycles. The minimum Gasteiger partial charge on any atom is -0.497 e. The van der Waals surface area contributed by atoms with Gasteiger partial charge in [0.1, 0.15) is 22.2 Å². The van der Waals surface area contributed by atoms with Gasteiger partial charge in [0.05, 0.1) is 19.4 Å². The topological polar surface area (TPSA) is 164 Å². The number of aromatic nitrogens is 2. The van der Waals surface area contributed by atoms with Gasteiger partial charge in [-0.25, -0.2) is 13.1 Å². The van der Waals surface area contributed by atoms with Crippen LogP contribution in [0.2, 0.25) is 0 Å². The molecule has 0 saturated carbocycles. The van der Waals surface area contributed by atoms with Gasteiger partial charge >= 0.3 is 5.56 Å². The van der Waals surface area contributed by atoms with Crippen molar-refractivity contribution in [3.63, 3.8) is 0 Å². The van der Waals surface area contributed by atoms with Gasteiger partial charge in [-0.2, -0.15) is 0 Å². The van der Waals surface area contributed by atoms with Gasteiger partial charge in [-0.3, -0.25) is 14.6 Å². The molecule has 1 aromatic heterocycles. The average molecular weight is 495 g/mol. The Kier molecular flexibility index (Phi) is 6.66. The Labute approximate surface area is 200 Å². The molecule has 0 unspecified atom stereocenters. The second kappa shape index (κ2) is 9.83. The number of ether oxygens (including phenoxy) is 1. The Morgan fingerprint density at radius 2 is 1.83 bits per heavy atom. The zero-order chi connectivity index (χ0) is 25.0. The summed E-state index contributed by atoms with van der Waals surface area (Å²) in [6.07, 6.45) is 0. The third-order valence-corrected chi connectivity index (χ3v) is 6.41. The van der Waals surface area contributed by atoms with E-state index < -0.39 is 15.6 Å².